The third-order valence-electron chi connectivity index (χ3n) is 4.30. The number of nitrogens with one attached hydrogen (secondary N) is 1. The highest BCUT2D eigenvalue weighted by molar-refractivity contribution is 6.08. The fourth-order valence-corrected chi connectivity index (χ4v) is 3.02. The van der Waals surface area contributed by atoms with E-state index >= 15 is 0 Å². The van der Waals surface area contributed by atoms with Gasteiger partial charge < -0.3 is 9.88 Å². The average Bonchev–Trinajstić information content (AvgIpc) is 2.96. The molecular formula is C21H22N2O2. The maximum absolute atomic E-state index is 12.5. The third kappa shape index (κ3) is 3.63. The Labute approximate surface area is 147 Å². The molecule has 0 atom stereocenters. The molecule has 0 fully saturated rings. The largest absolute Gasteiger partial charge is 0.337 e. The van der Waals surface area contributed by atoms with E-state index in [1.54, 1.807) is 6.20 Å². The number of carbonyl (C=O) groups is 2. The van der Waals surface area contributed by atoms with Crippen LogP contribution < -0.4 is 5.32 Å². The zero-order valence-corrected chi connectivity index (χ0v) is 14.6. The van der Waals surface area contributed by atoms with Gasteiger partial charge in [-0.15, -0.1) is 0 Å². The summed E-state index contributed by atoms with van der Waals surface area (Å²) < 4.78 is 1.85. The highest BCUT2D eigenvalue weighted by Gasteiger charge is 2.15. The molecule has 0 spiro atoms. The van der Waals surface area contributed by atoms with E-state index in [-0.39, 0.29) is 18.2 Å². The summed E-state index contributed by atoms with van der Waals surface area (Å²) >= 11 is 0. The Morgan fingerprint density at radius 3 is 2.52 bits per heavy atom. The van der Waals surface area contributed by atoms with Gasteiger partial charge in [0.05, 0.1) is 0 Å². The molecule has 0 bridgehead atoms. The van der Waals surface area contributed by atoms with Gasteiger partial charge in [-0.25, -0.2) is 0 Å². The normalized spacial score (nSPS) is 10.8. The summed E-state index contributed by atoms with van der Waals surface area (Å²) in [6, 6.07) is 15.4. The smallest absolute Gasteiger partial charge is 0.244 e. The molecule has 0 saturated heterocycles. The van der Waals surface area contributed by atoms with E-state index in [0.29, 0.717) is 12.0 Å². The van der Waals surface area contributed by atoms with Crippen LogP contribution in [-0.4, -0.2) is 16.3 Å². The summed E-state index contributed by atoms with van der Waals surface area (Å²) in [5.74, 6) is 0.0151. The highest BCUT2D eigenvalue weighted by atomic mass is 16.2. The van der Waals surface area contributed by atoms with Gasteiger partial charge in [-0.1, -0.05) is 43.3 Å². The SMILES string of the molecule is CCCC(=O)c1cn(CC(=O)Nc2ccccc2C)c2ccccc12. The first-order valence-electron chi connectivity index (χ1n) is 8.56. The Hall–Kier alpha value is -2.88. The van der Waals surface area contributed by atoms with Gasteiger partial charge in [0.25, 0.3) is 0 Å². The molecule has 4 nitrogen and oxygen atoms in total. The lowest BCUT2D eigenvalue weighted by molar-refractivity contribution is -0.116. The number of para-hydroxylation sites is 2. The Bertz CT molecular complexity index is 925. The van der Waals surface area contributed by atoms with Crippen LogP contribution in [-0.2, 0) is 11.3 Å². The Balaban J connectivity index is 1.87. The number of amides is 1. The van der Waals surface area contributed by atoms with Gasteiger partial charge >= 0.3 is 0 Å². The molecule has 1 heterocycles. The molecule has 1 amide bonds. The minimum atomic E-state index is -0.107. The summed E-state index contributed by atoms with van der Waals surface area (Å²) in [6.07, 6.45) is 3.13. The Kier molecular flexibility index (Phi) is 4.98. The topological polar surface area (TPSA) is 51.1 Å². The second kappa shape index (κ2) is 7.34. The molecule has 0 radical (unpaired) electrons. The van der Waals surface area contributed by atoms with Gasteiger partial charge in [0.1, 0.15) is 6.54 Å². The zero-order chi connectivity index (χ0) is 17.8. The van der Waals surface area contributed by atoms with E-state index < -0.39 is 0 Å². The number of aryl methyl sites for hydroxylation is 1. The molecule has 0 aliphatic rings. The lowest BCUT2D eigenvalue weighted by Gasteiger charge is -2.09. The predicted octanol–water partition coefficient (Wildman–Crippen LogP) is 4.57. The van der Waals surface area contributed by atoms with Gasteiger partial charge in [-0.3, -0.25) is 9.59 Å². The lowest BCUT2D eigenvalue weighted by Crippen LogP contribution is -2.18. The van der Waals surface area contributed by atoms with Gasteiger partial charge in [0, 0.05) is 34.8 Å². The first-order valence-corrected chi connectivity index (χ1v) is 8.56. The summed E-state index contributed by atoms with van der Waals surface area (Å²) in [7, 11) is 0. The van der Waals surface area contributed by atoms with Gasteiger partial charge in [0.2, 0.25) is 5.91 Å². The van der Waals surface area contributed by atoms with Gasteiger partial charge in [-0.05, 0) is 31.0 Å². The van der Waals surface area contributed by atoms with Crippen molar-refractivity contribution in [2.45, 2.75) is 33.2 Å². The van der Waals surface area contributed by atoms with Crippen molar-refractivity contribution in [1.29, 1.82) is 0 Å². The van der Waals surface area contributed by atoms with E-state index in [1.807, 2.05) is 66.9 Å². The van der Waals surface area contributed by atoms with Crippen LogP contribution in [0.5, 0.6) is 0 Å². The van der Waals surface area contributed by atoms with E-state index in [9.17, 15) is 9.59 Å². The maximum Gasteiger partial charge on any atom is 0.244 e. The molecule has 4 heteroatoms. The Morgan fingerprint density at radius 2 is 1.76 bits per heavy atom. The molecule has 0 aliphatic heterocycles. The standard InChI is InChI=1S/C21H22N2O2/c1-3-8-20(24)17-13-23(19-12-7-5-10-16(17)19)14-21(25)22-18-11-6-4-9-15(18)2/h4-7,9-13H,3,8,14H2,1-2H3,(H,22,25). The molecular weight excluding hydrogens is 312 g/mol. The number of hydrogen-bond donors (Lipinski definition) is 1. The summed E-state index contributed by atoms with van der Waals surface area (Å²) in [6.45, 7) is 4.13. The highest BCUT2D eigenvalue weighted by Crippen LogP contribution is 2.23. The fraction of sp³-hybridized carbons (Fsp3) is 0.238. The zero-order valence-electron chi connectivity index (χ0n) is 14.6. The van der Waals surface area contributed by atoms with Crippen LogP contribution in [0.15, 0.2) is 54.7 Å². The molecule has 0 aliphatic carbocycles. The van der Waals surface area contributed by atoms with Crippen LogP contribution in [0.1, 0.15) is 35.7 Å². The number of aromatic nitrogens is 1. The number of anilines is 1. The van der Waals surface area contributed by atoms with Crippen molar-refractivity contribution in [3.8, 4) is 0 Å². The number of carbonyl (C=O) groups excluding carboxylic acids is 2. The van der Waals surface area contributed by atoms with Crippen LogP contribution in [0.25, 0.3) is 10.9 Å². The Morgan fingerprint density at radius 1 is 1.04 bits per heavy atom. The maximum atomic E-state index is 12.5. The predicted molar refractivity (Wildman–Crippen MR) is 101 cm³/mol. The molecule has 0 saturated carbocycles. The molecule has 1 aromatic heterocycles. The molecule has 3 rings (SSSR count). The lowest BCUT2D eigenvalue weighted by atomic mass is 10.1. The third-order valence-corrected chi connectivity index (χ3v) is 4.30. The number of hydrogen-bond acceptors (Lipinski definition) is 2. The second-order valence-corrected chi connectivity index (χ2v) is 6.22. The number of Topliss-reactive ketones (excluding diaryl/α,β-unsaturated/α-hetero) is 1. The molecule has 1 N–H and O–H groups in total. The van der Waals surface area contributed by atoms with Crippen molar-refractivity contribution in [2.24, 2.45) is 0 Å². The van der Waals surface area contributed by atoms with E-state index in [4.69, 9.17) is 0 Å². The molecule has 25 heavy (non-hydrogen) atoms. The number of fused-ring (bicyclic) bond motifs is 1. The monoisotopic (exact) mass is 334 g/mol. The first-order chi connectivity index (χ1) is 12.1. The number of nitrogens with zero attached hydrogens (tertiary/aromatic N) is 1. The number of rotatable bonds is 6. The second-order valence-electron chi connectivity index (χ2n) is 6.22. The minimum Gasteiger partial charge on any atom is -0.337 e. The number of ketones is 1. The van der Waals surface area contributed by atoms with Crippen LogP contribution in [0.2, 0.25) is 0 Å². The van der Waals surface area contributed by atoms with E-state index in [2.05, 4.69) is 5.32 Å². The van der Waals surface area contributed by atoms with Crippen molar-refractivity contribution in [2.75, 3.05) is 5.32 Å². The molecule has 3 aromatic rings. The van der Waals surface area contributed by atoms with E-state index in [0.717, 1.165) is 28.6 Å². The molecule has 0 unspecified atom stereocenters. The van der Waals surface area contributed by atoms with Gasteiger partial charge in [-0.2, -0.15) is 0 Å². The van der Waals surface area contributed by atoms with Gasteiger partial charge in [0.15, 0.2) is 5.78 Å². The van der Waals surface area contributed by atoms with E-state index in [1.165, 1.54) is 0 Å². The van der Waals surface area contributed by atoms with Crippen LogP contribution in [0.3, 0.4) is 0 Å². The molecule has 128 valence electrons. The fourth-order valence-electron chi connectivity index (χ4n) is 3.02. The first kappa shape index (κ1) is 17.0. The van der Waals surface area contributed by atoms with Crippen molar-refractivity contribution in [3.05, 3.63) is 65.9 Å². The van der Waals surface area contributed by atoms with Crippen molar-refractivity contribution in [1.82, 2.24) is 4.57 Å². The van der Waals surface area contributed by atoms with Crippen molar-refractivity contribution >= 4 is 28.3 Å². The molecule has 2 aromatic carbocycles. The van der Waals surface area contributed by atoms with Crippen LogP contribution >= 0.6 is 0 Å². The van der Waals surface area contributed by atoms with Crippen LogP contribution in [0.4, 0.5) is 5.69 Å². The van der Waals surface area contributed by atoms with Crippen molar-refractivity contribution in [3.63, 3.8) is 0 Å². The summed E-state index contributed by atoms with van der Waals surface area (Å²) in [5.41, 5.74) is 3.43. The summed E-state index contributed by atoms with van der Waals surface area (Å²) in [4.78, 5) is 24.8. The summed E-state index contributed by atoms with van der Waals surface area (Å²) in [5, 5.41) is 3.85. The number of benzene rings is 2. The average molecular weight is 334 g/mol. The quantitative estimate of drug-likeness (QED) is 0.671. The minimum absolute atomic E-state index is 0.107. The van der Waals surface area contributed by atoms with Crippen LogP contribution in [0, 0.1) is 6.92 Å². The van der Waals surface area contributed by atoms with Crippen molar-refractivity contribution < 1.29 is 9.59 Å².